The maximum atomic E-state index is 13.1. The van der Waals surface area contributed by atoms with Crippen molar-refractivity contribution in [3.8, 4) is 11.3 Å². The summed E-state index contributed by atoms with van der Waals surface area (Å²) in [5.41, 5.74) is 15.5. The second-order valence-corrected chi connectivity index (χ2v) is 16.9. The lowest BCUT2D eigenvalue weighted by Crippen LogP contribution is -2.48. The number of piperazine rings is 1. The molecule has 0 radical (unpaired) electrons. The molecule has 21 nitrogen and oxygen atoms in total. The molecule has 352 valence electrons. The van der Waals surface area contributed by atoms with Crippen LogP contribution in [0.5, 0.6) is 0 Å². The zero-order valence-corrected chi connectivity index (χ0v) is 37.8. The third kappa shape index (κ3) is 10.2. The van der Waals surface area contributed by atoms with E-state index in [-0.39, 0.29) is 11.8 Å². The average Bonchev–Trinajstić information content (AvgIpc) is 4.01. The summed E-state index contributed by atoms with van der Waals surface area (Å²) in [6.07, 6.45) is 12.1. The number of nitrogens with one attached hydrogen (secondary N) is 3. The quantitative estimate of drug-likeness (QED) is 0.0903. The van der Waals surface area contributed by atoms with Gasteiger partial charge in [0, 0.05) is 113 Å². The monoisotopic (exact) mass is 922 g/mol. The predicted octanol–water partition coefficient (Wildman–Crippen LogP) is 2.31. The molecule has 1 fully saturated rings. The molecule has 0 saturated carbocycles. The Bertz CT molecular complexity index is 2880. The molecule has 21 heteroatoms. The molecule has 68 heavy (non-hydrogen) atoms. The first kappa shape index (κ1) is 44.6. The minimum atomic E-state index is -0.259. The number of aromatic amines is 1. The number of pyridine rings is 1. The van der Waals surface area contributed by atoms with Crippen LogP contribution in [0.4, 0.5) is 17.7 Å². The Kier molecular flexibility index (Phi) is 13.6. The lowest BCUT2D eigenvalue weighted by Gasteiger charge is -2.35. The maximum absolute atomic E-state index is 13.1. The fourth-order valence-corrected chi connectivity index (χ4v) is 8.79. The van der Waals surface area contributed by atoms with Crippen molar-refractivity contribution in [2.45, 2.75) is 38.9 Å². The van der Waals surface area contributed by atoms with Gasteiger partial charge in [-0.05, 0) is 35.2 Å². The van der Waals surface area contributed by atoms with Crippen molar-refractivity contribution < 1.29 is 23.8 Å². The predicted molar refractivity (Wildman–Crippen MR) is 253 cm³/mol. The minimum absolute atomic E-state index is 0.0613. The van der Waals surface area contributed by atoms with Gasteiger partial charge < -0.3 is 50.3 Å². The van der Waals surface area contributed by atoms with E-state index < -0.39 is 0 Å². The highest BCUT2D eigenvalue weighted by Crippen LogP contribution is 2.32. The first-order valence-electron chi connectivity index (χ1n) is 23.1. The molecule has 3 aliphatic rings. The van der Waals surface area contributed by atoms with E-state index in [2.05, 4.69) is 73.5 Å². The van der Waals surface area contributed by atoms with Gasteiger partial charge in [-0.2, -0.15) is 5.10 Å². The molecule has 10 rings (SSSR count). The Hall–Kier alpha value is -7.20. The van der Waals surface area contributed by atoms with E-state index in [1.807, 2.05) is 34.1 Å². The number of ether oxygens (including phenoxy) is 3. The van der Waals surface area contributed by atoms with Crippen molar-refractivity contribution in [1.29, 1.82) is 0 Å². The standard InChI is InChI=1S/C47H54N16O5/c48-42-40-41(35-22-33-3-8-50-43(33)52-24-35)59-63(44(40)57-30-56-42)28-31-1-2-34-29-62(10-5-32(34)21-31)39(64)6-15-66-17-19-68-20-18-67-16-9-51-45(65)37-26-53-46(54-27-37)60-11-13-61(14-12-60)47-55-25-36-23-49-7-4-38(36)58-47/h1-3,8,21-22,24-27,30,49H,4-7,9-20,23,28-29H2,(H,50,52)(H,51,65)(H2,48,56,57). The smallest absolute Gasteiger partial charge is 0.254 e. The number of benzene rings is 1. The lowest BCUT2D eigenvalue weighted by atomic mass is 9.97. The molecule has 6 aromatic heterocycles. The van der Waals surface area contributed by atoms with Gasteiger partial charge in [0.1, 0.15) is 23.5 Å². The van der Waals surface area contributed by atoms with Crippen LogP contribution in [0.25, 0.3) is 33.3 Å². The molecule has 0 atom stereocenters. The lowest BCUT2D eigenvalue weighted by molar-refractivity contribution is -0.133. The largest absolute Gasteiger partial charge is 0.383 e. The van der Waals surface area contributed by atoms with Crippen LogP contribution in [0, 0.1) is 0 Å². The van der Waals surface area contributed by atoms with Crippen molar-refractivity contribution in [3.05, 3.63) is 101 Å². The van der Waals surface area contributed by atoms with Gasteiger partial charge in [0.15, 0.2) is 5.65 Å². The van der Waals surface area contributed by atoms with Crippen molar-refractivity contribution in [1.82, 2.24) is 65.2 Å². The number of fused-ring (bicyclic) bond motifs is 4. The summed E-state index contributed by atoms with van der Waals surface area (Å²) in [4.78, 5) is 66.7. The number of carbonyl (C=O) groups is 2. The molecule has 1 saturated heterocycles. The van der Waals surface area contributed by atoms with Gasteiger partial charge >= 0.3 is 0 Å². The summed E-state index contributed by atoms with van der Waals surface area (Å²) < 4.78 is 18.8. The van der Waals surface area contributed by atoms with Gasteiger partial charge in [-0.15, -0.1) is 0 Å². The van der Waals surface area contributed by atoms with Crippen LogP contribution in [-0.2, 0) is 51.5 Å². The SMILES string of the molecule is Nc1ncnc2c1c(-c1cnc3[nH]ccc3c1)nn2Cc1ccc2c(c1)CCN(C(=O)CCOCCOCCOCCNC(=O)c1cnc(N3CCN(c4ncc5c(n4)CCNC5)CC3)nc1)C2. The fraction of sp³-hybridized carbons (Fsp3) is 0.404. The number of rotatable bonds is 18. The van der Waals surface area contributed by atoms with Crippen molar-refractivity contribution in [3.63, 3.8) is 0 Å². The Balaban J connectivity index is 0.578. The normalized spacial score (nSPS) is 14.9. The third-order valence-electron chi connectivity index (χ3n) is 12.5. The molecule has 7 aromatic rings. The number of nitrogens with zero attached hydrogens (tertiary/aromatic N) is 12. The zero-order valence-electron chi connectivity index (χ0n) is 37.8. The summed E-state index contributed by atoms with van der Waals surface area (Å²) in [5.74, 6) is 1.54. The van der Waals surface area contributed by atoms with E-state index in [1.54, 1.807) is 18.6 Å². The fourth-order valence-electron chi connectivity index (χ4n) is 8.79. The Labute approximate surface area is 391 Å². The first-order valence-corrected chi connectivity index (χ1v) is 23.1. The maximum Gasteiger partial charge on any atom is 0.254 e. The van der Waals surface area contributed by atoms with Gasteiger partial charge in [0.05, 0.1) is 69.3 Å². The molecular formula is C47H54N16O5. The highest BCUT2D eigenvalue weighted by atomic mass is 16.5. The van der Waals surface area contributed by atoms with Crippen molar-refractivity contribution in [2.75, 3.05) is 101 Å². The van der Waals surface area contributed by atoms with Crippen LogP contribution in [0.3, 0.4) is 0 Å². The van der Waals surface area contributed by atoms with E-state index >= 15 is 0 Å². The van der Waals surface area contributed by atoms with Crippen LogP contribution in [-0.4, -0.2) is 152 Å². The third-order valence-corrected chi connectivity index (χ3v) is 12.5. The van der Waals surface area contributed by atoms with E-state index in [0.29, 0.717) is 106 Å². The summed E-state index contributed by atoms with van der Waals surface area (Å²) in [6, 6.07) is 10.4. The van der Waals surface area contributed by atoms with Crippen LogP contribution >= 0.6 is 0 Å². The molecule has 0 aliphatic carbocycles. The van der Waals surface area contributed by atoms with E-state index in [1.165, 1.54) is 17.5 Å². The molecule has 0 spiro atoms. The number of H-pyrrole nitrogens is 1. The van der Waals surface area contributed by atoms with Crippen molar-refractivity contribution in [2.24, 2.45) is 0 Å². The first-order chi connectivity index (χ1) is 33.4. The van der Waals surface area contributed by atoms with Crippen LogP contribution in [0.15, 0.2) is 67.6 Å². The second kappa shape index (κ2) is 20.8. The Morgan fingerprint density at radius 1 is 0.765 bits per heavy atom. The summed E-state index contributed by atoms with van der Waals surface area (Å²) >= 11 is 0. The molecule has 9 heterocycles. The van der Waals surface area contributed by atoms with Crippen LogP contribution in [0.2, 0.25) is 0 Å². The van der Waals surface area contributed by atoms with Crippen LogP contribution < -0.4 is 26.2 Å². The summed E-state index contributed by atoms with van der Waals surface area (Å²) in [6.45, 7) is 8.98. The van der Waals surface area contributed by atoms with E-state index in [0.717, 1.165) is 91.5 Å². The molecular weight excluding hydrogens is 869 g/mol. The second-order valence-electron chi connectivity index (χ2n) is 16.9. The average molecular weight is 923 g/mol. The molecule has 1 aromatic carbocycles. The molecule has 2 amide bonds. The van der Waals surface area contributed by atoms with Gasteiger partial charge in [0.25, 0.3) is 5.91 Å². The number of nitrogen functional groups attached to an aromatic ring is 1. The number of carbonyl (C=O) groups excluding carboxylic acids is 2. The minimum Gasteiger partial charge on any atom is -0.383 e. The number of hydrogen-bond donors (Lipinski definition) is 4. The number of anilines is 3. The molecule has 5 N–H and O–H groups in total. The number of amides is 2. The van der Waals surface area contributed by atoms with E-state index in [4.69, 9.17) is 30.0 Å². The van der Waals surface area contributed by atoms with Gasteiger partial charge in [-0.25, -0.2) is 39.6 Å². The zero-order chi connectivity index (χ0) is 46.2. The molecule has 3 aliphatic heterocycles. The number of aromatic nitrogens is 10. The summed E-state index contributed by atoms with van der Waals surface area (Å²) in [7, 11) is 0. The Morgan fingerprint density at radius 2 is 1.54 bits per heavy atom. The van der Waals surface area contributed by atoms with Crippen molar-refractivity contribution >= 4 is 51.6 Å². The number of nitrogens with two attached hydrogens (primary N) is 1. The highest BCUT2D eigenvalue weighted by molar-refractivity contribution is 5.99. The number of hydrogen-bond acceptors (Lipinski definition) is 17. The van der Waals surface area contributed by atoms with E-state index in [9.17, 15) is 9.59 Å². The van der Waals surface area contributed by atoms with Gasteiger partial charge in [-0.1, -0.05) is 18.2 Å². The molecule has 0 bridgehead atoms. The highest BCUT2D eigenvalue weighted by Gasteiger charge is 2.25. The summed E-state index contributed by atoms with van der Waals surface area (Å²) in [5, 5.41) is 12.8. The Morgan fingerprint density at radius 3 is 2.38 bits per heavy atom. The topological polar surface area (TPSA) is 245 Å². The van der Waals surface area contributed by atoms with Gasteiger partial charge in [0.2, 0.25) is 17.8 Å². The van der Waals surface area contributed by atoms with Gasteiger partial charge in [-0.3, -0.25) is 9.59 Å². The molecule has 0 unspecified atom stereocenters. The van der Waals surface area contributed by atoms with Crippen LogP contribution in [0.1, 0.15) is 44.7 Å².